The van der Waals surface area contributed by atoms with E-state index in [1.54, 1.807) is 0 Å². The van der Waals surface area contributed by atoms with Crippen molar-refractivity contribution < 1.29 is 33.4 Å². The molecule has 0 radical (unpaired) electrons. The molecule has 3 aromatic rings. The number of nitrogens with zero attached hydrogens (tertiary/aromatic N) is 1. The summed E-state index contributed by atoms with van der Waals surface area (Å²) in [6.07, 6.45) is 2.34. The highest BCUT2D eigenvalue weighted by Gasteiger charge is 2.49. The van der Waals surface area contributed by atoms with Crippen LogP contribution in [0, 0.1) is 17.8 Å². The quantitative estimate of drug-likeness (QED) is 0.139. The molecule has 1 saturated carbocycles. The number of Topliss-reactive ketones (excluding diaryl/α,β-unsaturated/α-hetero) is 1. The molecule has 2 fully saturated rings. The van der Waals surface area contributed by atoms with E-state index in [1.807, 2.05) is 0 Å². The van der Waals surface area contributed by atoms with E-state index in [1.165, 1.54) is 71.6 Å². The minimum Gasteiger partial charge on any atom is -0.454 e. The highest BCUT2D eigenvalue weighted by atomic mass is 35.5. The molecule has 8 nitrogen and oxygen atoms in total. The molecular formula is C31H25Cl2NO7. The van der Waals surface area contributed by atoms with Crippen LogP contribution in [-0.4, -0.2) is 36.1 Å². The van der Waals surface area contributed by atoms with Crippen molar-refractivity contribution in [2.45, 2.75) is 26.2 Å². The van der Waals surface area contributed by atoms with Crippen LogP contribution in [0.5, 0.6) is 5.75 Å². The van der Waals surface area contributed by atoms with Gasteiger partial charge in [-0.05, 0) is 91.9 Å². The maximum atomic E-state index is 12.9. The predicted octanol–water partition coefficient (Wildman–Crippen LogP) is 6.18. The third-order valence-electron chi connectivity index (χ3n) is 7.43. The largest absolute Gasteiger partial charge is 0.454 e. The number of anilines is 1. The molecule has 1 aliphatic carbocycles. The first kappa shape index (κ1) is 28.5. The van der Waals surface area contributed by atoms with Crippen molar-refractivity contribution in [1.82, 2.24) is 0 Å². The van der Waals surface area contributed by atoms with E-state index in [0.29, 0.717) is 29.5 Å². The molecule has 10 heteroatoms. The molecule has 5 rings (SSSR count). The lowest BCUT2D eigenvalue weighted by atomic mass is 9.76. The summed E-state index contributed by atoms with van der Waals surface area (Å²) in [6, 6.07) is 16.1. The Bertz CT molecular complexity index is 1540. The third-order valence-corrected chi connectivity index (χ3v) is 8.16. The number of fused-ring (bicyclic) bond motifs is 1. The summed E-state index contributed by atoms with van der Waals surface area (Å²) >= 11 is 11.8. The van der Waals surface area contributed by atoms with Gasteiger partial charge in [0, 0.05) is 5.56 Å². The number of carbonyl (C=O) groups is 5. The molecular weight excluding hydrogens is 569 g/mol. The molecule has 1 heterocycles. The van der Waals surface area contributed by atoms with Crippen molar-refractivity contribution in [2.24, 2.45) is 17.8 Å². The van der Waals surface area contributed by atoms with Crippen molar-refractivity contribution in [3.05, 3.63) is 93.5 Å². The van der Waals surface area contributed by atoms with Crippen molar-refractivity contribution >= 4 is 58.4 Å². The van der Waals surface area contributed by atoms with E-state index in [0.717, 1.165) is 6.42 Å². The molecule has 2 amide bonds. The fourth-order valence-electron chi connectivity index (χ4n) is 5.19. The number of esters is 2. The summed E-state index contributed by atoms with van der Waals surface area (Å²) in [5.41, 5.74) is 1.06. The first-order chi connectivity index (χ1) is 19.6. The number of benzene rings is 3. The van der Waals surface area contributed by atoms with Crippen LogP contribution >= 0.6 is 23.2 Å². The highest BCUT2D eigenvalue weighted by molar-refractivity contribution is 6.42. The number of amides is 2. The zero-order valence-corrected chi connectivity index (χ0v) is 23.5. The second kappa shape index (κ2) is 11.8. The Morgan fingerprint density at radius 3 is 2.10 bits per heavy atom. The Hall–Kier alpha value is -4.01. The zero-order chi connectivity index (χ0) is 29.3. The first-order valence-electron chi connectivity index (χ1n) is 13.1. The second-order valence-corrected chi connectivity index (χ2v) is 11.0. The number of carbonyl (C=O) groups excluding carboxylic acids is 5. The second-order valence-electron chi connectivity index (χ2n) is 10.2. The van der Waals surface area contributed by atoms with E-state index >= 15 is 0 Å². The van der Waals surface area contributed by atoms with Crippen molar-refractivity contribution in [2.75, 3.05) is 11.5 Å². The smallest absolute Gasteiger partial charge is 0.343 e. The molecule has 2 aliphatic rings. The molecule has 3 unspecified atom stereocenters. The van der Waals surface area contributed by atoms with Crippen LogP contribution in [0.4, 0.5) is 5.69 Å². The lowest BCUT2D eigenvalue weighted by Gasteiger charge is -2.25. The van der Waals surface area contributed by atoms with Gasteiger partial charge < -0.3 is 9.47 Å². The van der Waals surface area contributed by atoms with E-state index in [4.69, 9.17) is 32.7 Å². The van der Waals surface area contributed by atoms with Crippen LogP contribution < -0.4 is 9.64 Å². The minimum absolute atomic E-state index is 0.177. The third kappa shape index (κ3) is 6.04. The van der Waals surface area contributed by atoms with Gasteiger partial charge in [0.2, 0.25) is 11.8 Å². The van der Waals surface area contributed by atoms with Gasteiger partial charge in [-0.25, -0.2) is 9.59 Å². The highest BCUT2D eigenvalue weighted by Crippen LogP contribution is 2.42. The number of halogens is 2. The van der Waals surface area contributed by atoms with E-state index < -0.39 is 24.3 Å². The van der Waals surface area contributed by atoms with Gasteiger partial charge in [0.15, 0.2) is 12.4 Å². The summed E-state index contributed by atoms with van der Waals surface area (Å²) < 4.78 is 10.5. The molecule has 0 aromatic heterocycles. The summed E-state index contributed by atoms with van der Waals surface area (Å²) in [5.74, 6) is -2.16. The van der Waals surface area contributed by atoms with Crippen LogP contribution in [0.3, 0.4) is 0 Å². The van der Waals surface area contributed by atoms with Gasteiger partial charge in [0.25, 0.3) is 0 Å². The fourth-order valence-corrected chi connectivity index (χ4v) is 5.48. The average molecular weight is 594 g/mol. The molecule has 210 valence electrons. The Morgan fingerprint density at radius 2 is 1.41 bits per heavy atom. The molecule has 1 aliphatic heterocycles. The Morgan fingerprint density at radius 1 is 0.780 bits per heavy atom. The van der Waals surface area contributed by atoms with Crippen LogP contribution in [-0.2, 0) is 14.3 Å². The van der Waals surface area contributed by atoms with Gasteiger partial charge in [0.05, 0.1) is 38.7 Å². The number of ether oxygens (including phenoxy) is 2. The van der Waals surface area contributed by atoms with Gasteiger partial charge in [-0.2, -0.15) is 0 Å². The lowest BCUT2D eigenvalue weighted by molar-refractivity contribution is -0.122. The summed E-state index contributed by atoms with van der Waals surface area (Å²) in [7, 11) is 0. The van der Waals surface area contributed by atoms with Gasteiger partial charge in [-0.1, -0.05) is 30.1 Å². The maximum Gasteiger partial charge on any atom is 0.343 e. The van der Waals surface area contributed by atoms with Crippen molar-refractivity contribution in [3.8, 4) is 5.75 Å². The SMILES string of the molecule is CC1CCC2C(=O)N(c3ccc(C(=O)OCC(=O)c4ccc(OC(=O)c5ccc(Cl)c(Cl)c5)cc4)cc3)C(=O)C2C1. The van der Waals surface area contributed by atoms with Crippen LogP contribution in [0.2, 0.25) is 10.0 Å². The predicted molar refractivity (Wildman–Crippen MR) is 151 cm³/mol. The Labute approximate surface area is 246 Å². The van der Waals surface area contributed by atoms with E-state index in [2.05, 4.69) is 6.92 Å². The monoisotopic (exact) mass is 593 g/mol. The fraction of sp³-hybridized carbons (Fsp3) is 0.258. The van der Waals surface area contributed by atoms with Crippen molar-refractivity contribution in [3.63, 3.8) is 0 Å². The maximum absolute atomic E-state index is 12.9. The molecule has 1 saturated heterocycles. The first-order valence-corrected chi connectivity index (χ1v) is 13.8. The standard InChI is InChI=1S/C31H25Cl2NO7/c1-17-2-12-23-24(14-17)29(37)34(28(23)36)21-8-3-19(4-9-21)30(38)40-16-27(35)18-5-10-22(11-6-18)41-31(39)20-7-13-25(32)26(33)15-20/h3-11,13,15,17,23-24H,2,12,14,16H2,1H3. The van der Waals surface area contributed by atoms with Gasteiger partial charge in [-0.3, -0.25) is 19.3 Å². The lowest BCUT2D eigenvalue weighted by Crippen LogP contribution is -2.30. The minimum atomic E-state index is -0.723. The topological polar surface area (TPSA) is 107 Å². The summed E-state index contributed by atoms with van der Waals surface area (Å²) in [4.78, 5) is 64.5. The van der Waals surface area contributed by atoms with Crippen molar-refractivity contribution in [1.29, 1.82) is 0 Å². The normalized spacial score (nSPS) is 20.0. The van der Waals surface area contributed by atoms with E-state index in [9.17, 15) is 24.0 Å². The number of hydrogen-bond donors (Lipinski definition) is 0. The Balaban J connectivity index is 1.15. The molecule has 41 heavy (non-hydrogen) atoms. The summed E-state index contributed by atoms with van der Waals surface area (Å²) in [6.45, 7) is 1.59. The molecule has 3 aromatic carbocycles. The van der Waals surface area contributed by atoms with Gasteiger partial charge >= 0.3 is 11.9 Å². The number of hydrogen-bond acceptors (Lipinski definition) is 7. The number of ketones is 1. The van der Waals surface area contributed by atoms with Crippen LogP contribution in [0.25, 0.3) is 0 Å². The molecule has 0 N–H and O–H groups in total. The van der Waals surface area contributed by atoms with E-state index in [-0.39, 0.29) is 51.1 Å². The van der Waals surface area contributed by atoms with Gasteiger partial charge in [0.1, 0.15) is 5.75 Å². The molecule has 0 bridgehead atoms. The zero-order valence-electron chi connectivity index (χ0n) is 22.0. The van der Waals surface area contributed by atoms with Crippen LogP contribution in [0.1, 0.15) is 57.3 Å². The van der Waals surface area contributed by atoms with Gasteiger partial charge in [-0.15, -0.1) is 0 Å². The summed E-state index contributed by atoms with van der Waals surface area (Å²) in [5, 5.41) is 0.530. The van der Waals surface area contributed by atoms with Crippen LogP contribution in [0.15, 0.2) is 66.7 Å². The Kier molecular flexibility index (Phi) is 8.24. The molecule has 3 atom stereocenters. The number of rotatable bonds is 7. The number of imide groups is 1. The molecule has 0 spiro atoms. The average Bonchev–Trinajstić information content (AvgIpc) is 3.21.